The van der Waals surface area contributed by atoms with Crippen LogP contribution in [0.1, 0.15) is 22.3 Å². The van der Waals surface area contributed by atoms with Gasteiger partial charge in [0.25, 0.3) is 0 Å². The number of alkyl halides is 3. The highest BCUT2D eigenvalue weighted by Gasteiger charge is 2.34. The Morgan fingerprint density at radius 3 is 2.34 bits per heavy atom. The summed E-state index contributed by atoms with van der Waals surface area (Å²) in [5, 5.41) is 5.25. The second-order valence-corrected chi connectivity index (χ2v) is 9.72. The van der Waals surface area contributed by atoms with Crippen LogP contribution < -0.4 is 0 Å². The van der Waals surface area contributed by atoms with Crippen molar-refractivity contribution in [2.75, 3.05) is 0 Å². The van der Waals surface area contributed by atoms with Crippen LogP contribution in [-0.2, 0) is 25.6 Å². The molecule has 0 spiro atoms. The van der Waals surface area contributed by atoms with Crippen LogP contribution in [0.15, 0.2) is 78.9 Å². The second kappa shape index (κ2) is 10.4. The molecule has 0 bridgehead atoms. The molecule has 0 saturated carbocycles. The molecule has 4 aromatic carbocycles. The van der Waals surface area contributed by atoms with E-state index in [1.165, 1.54) is 41.1 Å². The molecular weight excluding hydrogens is 542 g/mol. The highest BCUT2D eigenvalue weighted by molar-refractivity contribution is 6.31. The van der Waals surface area contributed by atoms with E-state index in [4.69, 9.17) is 23.2 Å². The molecule has 1 heterocycles. The van der Waals surface area contributed by atoms with Crippen molar-refractivity contribution < 1.29 is 22.0 Å². The third-order valence-corrected chi connectivity index (χ3v) is 6.91. The van der Waals surface area contributed by atoms with Crippen LogP contribution in [0, 0.1) is 11.6 Å². The lowest BCUT2D eigenvalue weighted by atomic mass is 9.99. The highest BCUT2D eigenvalue weighted by atomic mass is 35.5. The number of rotatable bonds is 6. The van der Waals surface area contributed by atoms with Crippen molar-refractivity contribution in [3.63, 3.8) is 0 Å². The van der Waals surface area contributed by atoms with Gasteiger partial charge in [0.05, 0.1) is 17.8 Å². The lowest BCUT2D eigenvalue weighted by Crippen LogP contribution is -2.07. The van der Waals surface area contributed by atoms with Crippen LogP contribution >= 0.6 is 23.2 Å². The average Bonchev–Trinajstić information content (AvgIpc) is 3.24. The quantitative estimate of drug-likeness (QED) is 0.189. The van der Waals surface area contributed by atoms with Gasteiger partial charge in [-0.2, -0.15) is 18.3 Å². The first kappa shape index (κ1) is 26.2. The first-order valence-electron chi connectivity index (χ1n) is 11.6. The third kappa shape index (κ3) is 5.40. The predicted octanol–water partition coefficient (Wildman–Crippen LogP) is 9.14. The monoisotopic (exact) mass is 560 g/mol. The molecular formula is C29H19Cl2F5N2. The minimum Gasteiger partial charge on any atom is -0.259 e. The summed E-state index contributed by atoms with van der Waals surface area (Å²) in [5.41, 5.74) is 1.70. The maximum absolute atomic E-state index is 14.6. The van der Waals surface area contributed by atoms with E-state index in [0.29, 0.717) is 40.1 Å². The lowest BCUT2D eigenvalue weighted by molar-refractivity contribution is -0.136. The Morgan fingerprint density at radius 2 is 1.58 bits per heavy atom. The maximum Gasteiger partial charge on any atom is 0.418 e. The summed E-state index contributed by atoms with van der Waals surface area (Å²) in [6.45, 7) is -0.104. The van der Waals surface area contributed by atoms with Gasteiger partial charge in [-0.05, 0) is 66.4 Å². The Morgan fingerprint density at radius 1 is 0.789 bits per heavy atom. The summed E-state index contributed by atoms with van der Waals surface area (Å²) in [6.07, 6.45) is -3.63. The van der Waals surface area contributed by atoms with Crippen molar-refractivity contribution >= 4 is 34.1 Å². The topological polar surface area (TPSA) is 17.8 Å². The highest BCUT2D eigenvalue weighted by Crippen LogP contribution is 2.38. The largest absolute Gasteiger partial charge is 0.418 e. The number of benzene rings is 4. The van der Waals surface area contributed by atoms with Crippen molar-refractivity contribution in [1.82, 2.24) is 9.78 Å². The Kier molecular flexibility index (Phi) is 7.16. The molecule has 0 amide bonds. The smallest absolute Gasteiger partial charge is 0.259 e. The summed E-state index contributed by atoms with van der Waals surface area (Å²) in [6, 6.07) is 19.5. The summed E-state index contributed by atoms with van der Waals surface area (Å²) in [5.74, 6) is -0.969. The number of hydrogen-bond donors (Lipinski definition) is 0. The zero-order valence-electron chi connectivity index (χ0n) is 19.7. The molecule has 2 nitrogen and oxygen atoms in total. The summed E-state index contributed by atoms with van der Waals surface area (Å²) < 4.78 is 71.2. The fourth-order valence-electron chi connectivity index (χ4n) is 4.50. The van der Waals surface area contributed by atoms with E-state index < -0.39 is 17.6 Å². The van der Waals surface area contributed by atoms with Crippen LogP contribution in [-0.4, -0.2) is 9.78 Å². The molecule has 5 aromatic rings. The number of aryl methyl sites for hydroxylation is 2. The maximum atomic E-state index is 14.6. The van der Waals surface area contributed by atoms with Crippen molar-refractivity contribution in [3.05, 3.63) is 123 Å². The predicted molar refractivity (Wildman–Crippen MR) is 140 cm³/mol. The van der Waals surface area contributed by atoms with Gasteiger partial charge in [-0.1, -0.05) is 59.6 Å². The molecule has 38 heavy (non-hydrogen) atoms. The Bertz CT molecular complexity index is 1640. The van der Waals surface area contributed by atoms with Crippen LogP contribution in [0.25, 0.3) is 22.2 Å². The number of halogens is 7. The van der Waals surface area contributed by atoms with Gasteiger partial charge in [-0.15, -0.1) is 0 Å². The van der Waals surface area contributed by atoms with Gasteiger partial charge in [0.2, 0.25) is 0 Å². The second-order valence-electron chi connectivity index (χ2n) is 8.88. The fraction of sp³-hybridized carbons (Fsp3) is 0.138. The molecule has 5 rings (SSSR count). The zero-order valence-corrected chi connectivity index (χ0v) is 21.2. The molecule has 0 saturated heterocycles. The van der Waals surface area contributed by atoms with E-state index in [0.717, 1.165) is 17.7 Å². The number of hydrogen-bond acceptors (Lipinski definition) is 1. The Balaban J connectivity index is 1.59. The molecule has 0 N–H and O–H groups in total. The van der Waals surface area contributed by atoms with E-state index in [9.17, 15) is 22.0 Å². The number of fused-ring (bicyclic) bond motifs is 1. The van der Waals surface area contributed by atoms with Crippen LogP contribution in [0.3, 0.4) is 0 Å². The standard InChI is InChI=1S/C29H19Cl2F5N2/c30-21-10-9-20(26(33)15-21)16-38-28(23-5-2-6-24(27(23)37-38)29(34,35)36)19-4-1-3-17(13-19)7-8-18-14-22(32)11-12-25(18)31/h1-6,9-15H,7-8,16H2. The first-order chi connectivity index (χ1) is 18.1. The van der Waals surface area contributed by atoms with Crippen molar-refractivity contribution in [1.29, 1.82) is 0 Å². The van der Waals surface area contributed by atoms with Crippen LogP contribution in [0.4, 0.5) is 22.0 Å². The van der Waals surface area contributed by atoms with Gasteiger partial charge in [0.15, 0.2) is 0 Å². The molecule has 194 valence electrons. The molecule has 1 aromatic heterocycles. The number of nitrogens with zero attached hydrogens (tertiary/aromatic N) is 2. The minimum absolute atomic E-state index is 0.104. The molecule has 0 aliphatic rings. The summed E-state index contributed by atoms with van der Waals surface area (Å²) >= 11 is 12.1. The summed E-state index contributed by atoms with van der Waals surface area (Å²) in [7, 11) is 0. The lowest BCUT2D eigenvalue weighted by Gasteiger charge is -2.11. The molecule has 0 atom stereocenters. The van der Waals surface area contributed by atoms with Gasteiger partial charge in [0.1, 0.15) is 17.2 Å². The van der Waals surface area contributed by atoms with Crippen molar-refractivity contribution in [2.45, 2.75) is 25.6 Å². The molecule has 0 unspecified atom stereocenters. The zero-order chi connectivity index (χ0) is 27.0. The molecule has 0 aliphatic heterocycles. The van der Waals surface area contributed by atoms with Gasteiger partial charge in [0, 0.05) is 26.6 Å². The molecule has 0 radical (unpaired) electrons. The van der Waals surface area contributed by atoms with Gasteiger partial charge in [-0.25, -0.2) is 8.78 Å². The Hall–Kier alpha value is -3.42. The SMILES string of the molecule is Fc1ccc(Cl)c(CCc2cccc(-c3c4cccc(C(F)(F)F)c4nn3Cc3ccc(Cl)cc3F)c2)c1. The van der Waals surface area contributed by atoms with Crippen LogP contribution in [0.2, 0.25) is 10.0 Å². The minimum atomic E-state index is -4.62. The van der Waals surface area contributed by atoms with Crippen LogP contribution in [0.5, 0.6) is 0 Å². The van der Waals surface area contributed by atoms with Crippen molar-refractivity contribution in [3.8, 4) is 11.3 Å². The molecule has 0 fully saturated rings. The van der Waals surface area contributed by atoms with E-state index in [-0.39, 0.29) is 28.5 Å². The van der Waals surface area contributed by atoms with Gasteiger partial charge >= 0.3 is 6.18 Å². The van der Waals surface area contributed by atoms with Gasteiger partial charge in [-0.3, -0.25) is 4.68 Å². The first-order valence-corrected chi connectivity index (χ1v) is 12.4. The Labute approximate surface area is 225 Å². The van der Waals surface area contributed by atoms with E-state index in [1.54, 1.807) is 18.2 Å². The normalized spacial score (nSPS) is 11.9. The molecule has 0 aliphatic carbocycles. The van der Waals surface area contributed by atoms with Crippen molar-refractivity contribution in [2.24, 2.45) is 0 Å². The third-order valence-electron chi connectivity index (χ3n) is 6.30. The fourth-order valence-corrected chi connectivity index (χ4v) is 4.87. The number of aromatic nitrogens is 2. The van der Waals surface area contributed by atoms with Gasteiger partial charge < -0.3 is 0 Å². The van der Waals surface area contributed by atoms with E-state index >= 15 is 0 Å². The summed E-state index contributed by atoms with van der Waals surface area (Å²) in [4.78, 5) is 0. The average molecular weight is 561 g/mol. The van der Waals surface area contributed by atoms with E-state index in [2.05, 4.69) is 5.10 Å². The van der Waals surface area contributed by atoms with E-state index in [1.807, 2.05) is 12.1 Å². The molecule has 9 heteroatoms.